The van der Waals surface area contributed by atoms with E-state index in [1.165, 1.54) is 16.1 Å². The lowest BCUT2D eigenvalue weighted by Gasteiger charge is -2.31. The summed E-state index contributed by atoms with van der Waals surface area (Å²) < 4.78 is 0. The highest BCUT2D eigenvalue weighted by molar-refractivity contribution is 7.09. The molecule has 0 amide bonds. The molecule has 0 fully saturated rings. The van der Waals surface area contributed by atoms with Gasteiger partial charge in [0.2, 0.25) is 0 Å². The highest BCUT2D eigenvalue weighted by atomic mass is 32.1. The van der Waals surface area contributed by atoms with E-state index in [0.717, 1.165) is 52.0 Å². The molecule has 5 heteroatoms. The maximum absolute atomic E-state index is 5.65. The van der Waals surface area contributed by atoms with E-state index >= 15 is 0 Å². The van der Waals surface area contributed by atoms with Crippen LogP contribution in [0, 0.1) is 0 Å². The number of hydrogen-bond donors (Lipinski definition) is 2. The molecule has 4 nitrogen and oxygen atoms in total. The monoisotopic (exact) mass is 330 g/mol. The first kappa shape index (κ1) is 16.6. The minimum Gasteiger partial charge on any atom is -0.330 e. The highest BCUT2D eigenvalue weighted by Gasteiger charge is 2.20. The zero-order valence-electron chi connectivity index (χ0n) is 13.6. The fourth-order valence-corrected chi connectivity index (χ4v) is 3.86. The lowest BCUT2D eigenvalue weighted by Crippen LogP contribution is -2.44. The molecule has 124 valence electrons. The molecule has 0 aliphatic carbocycles. The Morgan fingerprint density at radius 1 is 1.26 bits per heavy atom. The minimum absolute atomic E-state index is 0.516. The molecule has 1 atom stereocenters. The van der Waals surface area contributed by atoms with Gasteiger partial charge in [-0.2, -0.15) is 0 Å². The molecule has 1 aromatic carbocycles. The Kier molecular flexibility index (Phi) is 6.16. The van der Waals surface area contributed by atoms with Crippen molar-refractivity contribution in [2.45, 2.75) is 38.4 Å². The SMILES string of the molecule is NCCCCN(Cc1nccs1)C[C@H]1Cc2ccccc2CN1. The summed E-state index contributed by atoms with van der Waals surface area (Å²) in [7, 11) is 0. The van der Waals surface area contributed by atoms with Crippen molar-refractivity contribution >= 4 is 11.3 Å². The molecule has 0 unspecified atom stereocenters. The van der Waals surface area contributed by atoms with Crippen LogP contribution in [0.2, 0.25) is 0 Å². The fourth-order valence-electron chi connectivity index (χ4n) is 3.20. The van der Waals surface area contributed by atoms with Crippen molar-refractivity contribution in [2.24, 2.45) is 5.73 Å². The van der Waals surface area contributed by atoms with Crippen LogP contribution in [0.1, 0.15) is 29.0 Å². The van der Waals surface area contributed by atoms with Crippen molar-refractivity contribution in [3.63, 3.8) is 0 Å². The van der Waals surface area contributed by atoms with Crippen LogP contribution in [-0.2, 0) is 19.5 Å². The molecule has 3 N–H and O–H groups in total. The normalized spacial score (nSPS) is 17.4. The highest BCUT2D eigenvalue weighted by Crippen LogP contribution is 2.18. The Morgan fingerprint density at radius 3 is 2.91 bits per heavy atom. The zero-order chi connectivity index (χ0) is 15.9. The molecular weight excluding hydrogens is 304 g/mol. The van der Waals surface area contributed by atoms with E-state index in [-0.39, 0.29) is 0 Å². The van der Waals surface area contributed by atoms with Crippen LogP contribution in [0.15, 0.2) is 35.8 Å². The molecule has 1 aromatic heterocycles. The fraction of sp³-hybridized carbons (Fsp3) is 0.500. The number of hydrogen-bond acceptors (Lipinski definition) is 5. The molecule has 2 heterocycles. The molecular formula is C18H26N4S. The summed E-state index contributed by atoms with van der Waals surface area (Å²) in [6.07, 6.45) is 5.26. The van der Waals surface area contributed by atoms with Gasteiger partial charge in [0.05, 0.1) is 6.54 Å². The molecule has 3 rings (SSSR count). The number of nitrogens with one attached hydrogen (secondary N) is 1. The molecule has 0 spiro atoms. The summed E-state index contributed by atoms with van der Waals surface area (Å²) in [5, 5.41) is 6.95. The van der Waals surface area contributed by atoms with Crippen molar-refractivity contribution in [3.05, 3.63) is 52.0 Å². The van der Waals surface area contributed by atoms with Gasteiger partial charge in [-0.05, 0) is 43.5 Å². The van der Waals surface area contributed by atoms with Crippen LogP contribution in [0.4, 0.5) is 0 Å². The lowest BCUT2D eigenvalue weighted by molar-refractivity contribution is 0.224. The number of benzene rings is 1. The van der Waals surface area contributed by atoms with Gasteiger partial charge in [-0.15, -0.1) is 11.3 Å². The molecule has 23 heavy (non-hydrogen) atoms. The Labute approximate surface area is 142 Å². The average Bonchev–Trinajstić information content (AvgIpc) is 3.08. The molecule has 2 aromatic rings. The Balaban J connectivity index is 1.59. The Hall–Kier alpha value is -1.27. The summed E-state index contributed by atoms with van der Waals surface area (Å²) in [6, 6.07) is 9.29. The number of aromatic nitrogens is 1. The predicted octanol–water partition coefficient (Wildman–Crippen LogP) is 2.40. The summed E-state index contributed by atoms with van der Waals surface area (Å²) in [5.74, 6) is 0. The van der Waals surface area contributed by atoms with Crippen molar-refractivity contribution in [3.8, 4) is 0 Å². The van der Waals surface area contributed by atoms with E-state index < -0.39 is 0 Å². The summed E-state index contributed by atoms with van der Waals surface area (Å²) in [4.78, 5) is 6.97. The van der Waals surface area contributed by atoms with Gasteiger partial charge in [0.15, 0.2) is 0 Å². The largest absolute Gasteiger partial charge is 0.330 e. The summed E-state index contributed by atoms with van der Waals surface area (Å²) in [6.45, 7) is 4.87. The van der Waals surface area contributed by atoms with Crippen molar-refractivity contribution in [2.75, 3.05) is 19.6 Å². The van der Waals surface area contributed by atoms with Gasteiger partial charge < -0.3 is 11.1 Å². The third-order valence-electron chi connectivity index (χ3n) is 4.42. The summed E-state index contributed by atoms with van der Waals surface area (Å²) in [5.41, 5.74) is 8.58. The number of thiazole rings is 1. The first-order valence-corrected chi connectivity index (χ1v) is 9.34. The Morgan fingerprint density at radius 2 is 2.13 bits per heavy atom. The van der Waals surface area contributed by atoms with E-state index in [4.69, 9.17) is 5.73 Å². The van der Waals surface area contributed by atoms with Crippen LogP contribution in [0.5, 0.6) is 0 Å². The van der Waals surface area contributed by atoms with E-state index in [2.05, 4.69) is 44.8 Å². The van der Waals surface area contributed by atoms with E-state index in [1.54, 1.807) is 11.3 Å². The van der Waals surface area contributed by atoms with Crippen LogP contribution in [0.3, 0.4) is 0 Å². The smallest absolute Gasteiger partial charge is 0.107 e. The van der Waals surface area contributed by atoms with Crippen LogP contribution in [-0.4, -0.2) is 35.6 Å². The number of rotatable bonds is 8. The third-order valence-corrected chi connectivity index (χ3v) is 5.18. The van der Waals surface area contributed by atoms with Crippen molar-refractivity contribution in [1.82, 2.24) is 15.2 Å². The predicted molar refractivity (Wildman–Crippen MR) is 96.5 cm³/mol. The molecule has 0 saturated carbocycles. The number of fused-ring (bicyclic) bond motifs is 1. The maximum Gasteiger partial charge on any atom is 0.107 e. The third kappa shape index (κ3) is 4.85. The first-order chi connectivity index (χ1) is 11.3. The van der Waals surface area contributed by atoms with Crippen LogP contribution >= 0.6 is 11.3 Å². The Bertz CT molecular complexity index is 584. The first-order valence-electron chi connectivity index (χ1n) is 8.46. The molecule has 1 aliphatic heterocycles. The molecule has 0 bridgehead atoms. The van der Waals surface area contributed by atoms with Gasteiger partial charge in [0.25, 0.3) is 0 Å². The second-order valence-electron chi connectivity index (χ2n) is 6.21. The topological polar surface area (TPSA) is 54.2 Å². The van der Waals surface area contributed by atoms with E-state index in [1.807, 2.05) is 6.20 Å². The van der Waals surface area contributed by atoms with Gasteiger partial charge in [-0.3, -0.25) is 4.90 Å². The maximum atomic E-state index is 5.65. The van der Waals surface area contributed by atoms with Crippen LogP contribution < -0.4 is 11.1 Å². The van der Waals surface area contributed by atoms with Gasteiger partial charge in [0, 0.05) is 30.7 Å². The van der Waals surface area contributed by atoms with E-state index in [9.17, 15) is 0 Å². The summed E-state index contributed by atoms with van der Waals surface area (Å²) >= 11 is 1.74. The standard InChI is InChI=1S/C18H26N4S/c19-7-3-4-9-22(14-18-20-8-10-23-18)13-17-11-15-5-1-2-6-16(15)12-21-17/h1-2,5-6,8,10,17,21H,3-4,7,9,11-14,19H2/t17-/m1/s1. The quantitative estimate of drug-likeness (QED) is 0.730. The minimum atomic E-state index is 0.516. The van der Waals surface area contributed by atoms with Gasteiger partial charge >= 0.3 is 0 Å². The van der Waals surface area contributed by atoms with Crippen LogP contribution in [0.25, 0.3) is 0 Å². The van der Waals surface area contributed by atoms with Gasteiger partial charge in [-0.1, -0.05) is 24.3 Å². The van der Waals surface area contributed by atoms with Gasteiger partial charge in [-0.25, -0.2) is 4.98 Å². The molecule has 1 aliphatic rings. The average molecular weight is 331 g/mol. The second-order valence-corrected chi connectivity index (χ2v) is 7.19. The van der Waals surface area contributed by atoms with Gasteiger partial charge in [0.1, 0.15) is 5.01 Å². The number of nitrogens with two attached hydrogens (primary N) is 1. The van der Waals surface area contributed by atoms with Crippen molar-refractivity contribution in [1.29, 1.82) is 0 Å². The lowest BCUT2D eigenvalue weighted by atomic mass is 9.95. The second kappa shape index (κ2) is 8.55. The van der Waals surface area contributed by atoms with Crippen molar-refractivity contribution < 1.29 is 0 Å². The number of nitrogens with zero attached hydrogens (tertiary/aromatic N) is 2. The van der Waals surface area contributed by atoms with E-state index in [0.29, 0.717) is 6.04 Å². The molecule has 0 radical (unpaired) electrons. The zero-order valence-corrected chi connectivity index (χ0v) is 14.4. The number of unbranched alkanes of at least 4 members (excludes halogenated alkanes) is 1. The molecule has 0 saturated heterocycles.